The Labute approximate surface area is 195 Å². The van der Waals surface area contributed by atoms with E-state index in [1.54, 1.807) is 11.3 Å². The predicted molar refractivity (Wildman–Crippen MR) is 128 cm³/mol. The maximum Gasteiger partial charge on any atom is 0.317 e. The molecule has 3 unspecified atom stereocenters. The molecule has 3 atom stereocenters. The number of piperazine rings is 1. The molecule has 2 fully saturated rings. The highest BCUT2D eigenvalue weighted by Crippen LogP contribution is 2.20. The Bertz CT molecular complexity index is 763. The van der Waals surface area contributed by atoms with Crippen molar-refractivity contribution in [3.05, 3.63) is 22.4 Å². The molecule has 2 N–H and O–H groups in total. The number of carbonyl (C=O) groups excluding carboxylic acids is 3. The third-order valence-electron chi connectivity index (χ3n) is 6.84. The van der Waals surface area contributed by atoms with Gasteiger partial charge in [-0.2, -0.15) is 0 Å². The van der Waals surface area contributed by atoms with Crippen LogP contribution >= 0.6 is 11.3 Å². The van der Waals surface area contributed by atoms with E-state index in [0.717, 1.165) is 24.1 Å². The van der Waals surface area contributed by atoms with Crippen molar-refractivity contribution in [3.8, 4) is 0 Å². The minimum atomic E-state index is -0.540. The van der Waals surface area contributed by atoms with Gasteiger partial charge >= 0.3 is 6.03 Å². The van der Waals surface area contributed by atoms with Gasteiger partial charge in [0.2, 0.25) is 11.8 Å². The Kier molecular flexibility index (Phi) is 8.96. The van der Waals surface area contributed by atoms with E-state index in [1.807, 2.05) is 48.1 Å². The maximum absolute atomic E-state index is 13.4. The van der Waals surface area contributed by atoms with Crippen LogP contribution < -0.4 is 10.6 Å². The fourth-order valence-corrected chi connectivity index (χ4v) is 5.34. The Morgan fingerprint density at radius 2 is 1.94 bits per heavy atom. The summed E-state index contributed by atoms with van der Waals surface area (Å²) in [6.45, 7) is 7.53. The number of urea groups is 1. The molecule has 1 aliphatic carbocycles. The summed E-state index contributed by atoms with van der Waals surface area (Å²) in [5, 5.41) is 8.13. The fraction of sp³-hybridized carbons (Fsp3) is 0.708. The molecular weight excluding hydrogens is 424 g/mol. The summed E-state index contributed by atoms with van der Waals surface area (Å²) in [7, 11) is 0. The van der Waals surface area contributed by atoms with E-state index >= 15 is 0 Å². The number of thiophene rings is 1. The number of nitrogens with one attached hydrogen (secondary N) is 2. The average molecular weight is 463 g/mol. The van der Waals surface area contributed by atoms with Crippen molar-refractivity contribution in [2.75, 3.05) is 19.6 Å². The van der Waals surface area contributed by atoms with E-state index in [4.69, 9.17) is 0 Å². The first-order chi connectivity index (χ1) is 15.4. The van der Waals surface area contributed by atoms with Crippen LogP contribution in [0.15, 0.2) is 17.5 Å². The van der Waals surface area contributed by atoms with Crippen LogP contribution in [0.1, 0.15) is 64.2 Å². The van der Waals surface area contributed by atoms with Gasteiger partial charge < -0.3 is 20.4 Å². The van der Waals surface area contributed by atoms with Crippen LogP contribution in [-0.2, 0) is 16.0 Å². The van der Waals surface area contributed by atoms with Gasteiger partial charge in [0.15, 0.2) is 0 Å². The highest BCUT2D eigenvalue weighted by atomic mass is 32.1. The van der Waals surface area contributed by atoms with Crippen LogP contribution in [0.25, 0.3) is 0 Å². The van der Waals surface area contributed by atoms with Crippen LogP contribution in [0.4, 0.5) is 4.79 Å². The summed E-state index contributed by atoms with van der Waals surface area (Å²) in [4.78, 5) is 43.4. The van der Waals surface area contributed by atoms with Gasteiger partial charge in [-0.3, -0.25) is 9.59 Å². The number of carbonyl (C=O) groups is 3. The fourth-order valence-electron chi connectivity index (χ4n) is 4.64. The molecular formula is C24H38N4O3S. The van der Waals surface area contributed by atoms with Crippen molar-refractivity contribution < 1.29 is 14.4 Å². The molecule has 1 aliphatic heterocycles. The van der Waals surface area contributed by atoms with E-state index < -0.39 is 6.04 Å². The Balaban J connectivity index is 1.56. The molecule has 0 spiro atoms. The van der Waals surface area contributed by atoms with Crippen molar-refractivity contribution in [1.82, 2.24) is 20.4 Å². The largest absolute Gasteiger partial charge is 0.344 e. The second-order valence-electron chi connectivity index (χ2n) is 9.30. The summed E-state index contributed by atoms with van der Waals surface area (Å²) in [6, 6.07) is 3.52. The van der Waals surface area contributed by atoms with Crippen LogP contribution in [0.5, 0.6) is 0 Å². The Morgan fingerprint density at radius 1 is 1.19 bits per heavy atom. The van der Waals surface area contributed by atoms with E-state index in [-0.39, 0.29) is 35.8 Å². The lowest BCUT2D eigenvalue weighted by atomic mass is 9.95. The molecule has 3 rings (SSSR count). The molecule has 1 saturated carbocycles. The molecule has 0 radical (unpaired) electrons. The molecule has 0 aromatic carbocycles. The van der Waals surface area contributed by atoms with Gasteiger partial charge in [0.1, 0.15) is 6.04 Å². The third kappa shape index (κ3) is 6.47. The molecule has 1 aromatic rings. The number of nitrogens with zero attached hydrogens (tertiary/aromatic N) is 2. The van der Waals surface area contributed by atoms with Crippen molar-refractivity contribution in [2.45, 2.75) is 83.8 Å². The number of hydrogen-bond acceptors (Lipinski definition) is 4. The molecule has 0 bridgehead atoms. The van der Waals surface area contributed by atoms with Gasteiger partial charge in [-0.15, -0.1) is 11.3 Å². The van der Waals surface area contributed by atoms with E-state index in [0.29, 0.717) is 26.1 Å². The number of hydrogen-bond donors (Lipinski definition) is 2. The first kappa shape index (κ1) is 24.6. The maximum atomic E-state index is 13.4. The second-order valence-corrected chi connectivity index (χ2v) is 10.3. The molecule has 8 heteroatoms. The van der Waals surface area contributed by atoms with Gasteiger partial charge in [-0.25, -0.2) is 4.79 Å². The van der Waals surface area contributed by atoms with Crippen LogP contribution in [0, 0.1) is 5.92 Å². The van der Waals surface area contributed by atoms with Crippen molar-refractivity contribution in [1.29, 1.82) is 0 Å². The SMILES string of the molecule is CCC(C)C(NC(=O)Cc1cccs1)C(=O)N1CCN(C(=O)NC2CCCCC2)C(C)C1. The quantitative estimate of drug-likeness (QED) is 0.652. The van der Waals surface area contributed by atoms with Gasteiger partial charge in [-0.05, 0) is 37.1 Å². The van der Waals surface area contributed by atoms with Crippen molar-refractivity contribution >= 4 is 29.2 Å². The summed E-state index contributed by atoms with van der Waals surface area (Å²) < 4.78 is 0. The smallest absolute Gasteiger partial charge is 0.317 e. The lowest BCUT2D eigenvalue weighted by Crippen LogP contribution is -2.61. The first-order valence-corrected chi connectivity index (χ1v) is 12.9. The van der Waals surface area contributed by atoms with Gasteiger partial charge in [0.05, 0.1) is 6.42 Å². The lowest BCUT2D eigenvalue weighted by molar-refractivity contribution is -0.139. The highest BCUT2D eigenvalue weighted by Gasteiger charge is 2.35. The molecule has 2 aliphatic rings. The molecule has 1 saturated heterocycles. The topological polar surface area (TPSA) is 81.8 Å². The van der Waals surface area contributed by atoms with Gasteiger partial charge in [0.25, 0.3) is 0 Å². The summed E-state index contributed by atoms with van der Waals surface area (Å²) >= 11 is 1.54. The van der Waals surface area contributed by atoms with Crippen LogP contribution in [0.2, 0.25) is 0 Å². The van der Waals surface area contributed by atoms with E-state index in [1.165, 1.54) is 19.3 Å². The summed E-state index contributed by atoms with van der Waals surface area (Å²) in [6.07, 6.45) is 6.82. The third-order valence-corrected chi connectivity index (χ3v) is 7.72. The number of amides is 4. The molecule has 2 heterocycles. The minimum absolute atomic E-state index is 0.0146. The van der Waals surface area contributed by atoms with Crippen LogP contribution in [0.3, 0.4) is 0 Å². The van der Waals surface area contributed by atoms with E-state index in [2.05, 4.69) is 10.6 Å². The highest BCUT2D eigenvalue weighted by molar-refractivity contribution is 7.10. The van der Waals surface area contributed by atoms with Crippen LogP contribution in [-0.4, -0.2) is 65.4 Å². The summed E-state index contributed by atoms with van der Waals surface area (Å²) in [5.41, 5.74) is 0. The molecule has 1 aromatic heterocycles. The summed E-state index contributed by atoms with van der Waals surface area (Å²) in [5.74, 6) is -0.125. The standard InChI is InChI=1S/C24H38N4O3S/c1-4-17(2)22(26-21(29)15-20-11-8-14-32-20)23(30)27-12-13-28(18(3)16-27)24(31)25-19-9-6-5-7-10-19/h8,11,14,17-19,22H,4-7,9-10,12-13,15-16H2,1-3H3,(H,25,31)(H,26,29). The molecule has 178 valence electrons. The van der Waals surface area contributed by atoms with Gasteiger partial charge in [0, 0.05) is 36.6 Å². The Morgan fingerprint density at radius 3 is 2.56 bits per heavy atom. The monoisotopic (exact) mass is 462 g/mol. The second kappa shape index (κ2) is 11.7. The zero-order valence-corrected chi connectivity index (χ0v) is 20.5. The van der Waals surface area contributed by atoms with Crippen molar-refractivity contribution in [3.63, 3.8) is 0 Å². The molecule has 7 nitrogen and oxygen atoms in total. The first-order valence-electron chi connectivity index (χ1n) is 12.1. The zero-order valence-electron chi connectivity index (χ0n) is 19.6. The number of rotatable bonds is 7. The van der Waals surface area contributed by atoms with E-state index in [9.17, 15) is 14.4 Å². The Hall–Kier alpha value is -2.09. The molecule has 4 amide bonds. The predicted octanol–water partition coefficient (Wildman–Crippen LogP) is 3.40. The molecule has 32 heavy (non-hydrogen) atoms. The zero-order chi connectivity index (χ0) is 23.1. The van der Waals surface area contributed by atoms with Gasteiger partial charge in [-0.1, -0.05) is 45.6 Å². The average Bonchev–Trinajstić information content (AvgIpc) is 3.30. The normalized spacial score (nSPS) is 21.7. The lowest BCUT2D eigenvalue weighted by Gasteiger charge is -2.42. The van der Waals surface area contributed by atoms with Crippen molar-refractivity contribution in [2.24, 2.45) is 5.92 Å². The minimum Gasteiger partial charge on any atom is -0.344 e.